The van der Waals surface area contributed by atoms with E-state index in [1.807, 2.05) is 0 Å². The Hall–Kier alpha value is -1.42. The highest BCUT2D eigenvalue weighted by atomic mass is 35.5. The van der Waals surface area contributed by atoms with Crippen molar-refractivity contribution in [3.63, 3.8) is 0 Å². The predicted octanol–water partition coefficient (Wildman–Crippen LogP) is 2.42. The van der Waals surface area contributed by atoms with Crippen LogP contribution in [0.5, 0.6) is 0 Å². The molecular weight excluding hydrogens is 192 g/mol. The Morgan fingerprint density at radius 1 is 1.54 bits per heavy atom. The van der Waals surface area contributed by atoms with Crippen LogP contribution < -0.4 is 0 Å². The SMILES string of the molecule is O=[N+]([O-])c1ccc2c(c1)N=C(Cl)C2. The zero-order valence-corrected chi connectivity index (χ0v) is 7.28. The van der Waals surface area contributed by atoms with E-state index in [1.54, 1.807) is 6.07 Å². The van der Waals surface area contributed by atoms with Gasteiger partial charge in [0.05, 0.1) is 10.6 Å². The van der Waals surface area contributed by atoms with Crippen LogP contribution in [-0.4, -0.2) is 10.1 Å². The molecule has 1 aromatic carbocycles. The number of hydrogen-bond donors (Lipinski definition) is 0. The smallest absolute Gasteiger partial charge is 0.258 e. The molecule has 0 fully saturated rings. The van der Waals surface area contributed by atoms with E-state index >= 15 is 0 Å². The van der Waals surface area contributed by atoms with Crippen molar-refractivity contribution in [2.24, 2.45) is 4.99 Å². The monoisotopic (exact) mass is 196 g/mol. The second-order valence-corrected chi connectivity index (χ2v) is 3.17. The maximum Gasteiger partial charge on any atom is 0.271 e. The topological polar surface area (TPSA) is 55.5 Å². The molecule has 0 aliphatic carbocycles. The van der Waals surface area contributed by atoms with Crippen molar-refractivity contribution in [1.82, 2.24) is 0 Å². The van der Waals surface area contributed by atoms with Crippen molar-refractivity contribution in [3.8, 4) is 0 Å². The second-order valence-electron chi connectivity index (χ2n) is 2.73. The van der Waals surface area contributed by atoms with Gasteiger partial charge in [0.2, 0.25) is 0 Å². The number of aliphatic imine (C=N–C) groups is 1. The highest BCUT2D eigenvalue weighted by molar-refractivity contribution is 6.66. The van der Waals surface area contributed by atoms with Crippen LogP contribution in [0, 0.1) is 10.1 Å². The molecule has 4 nitrogen and oxygen atoms in total. The molecular formula is C8H5ClN2O2. The van der Waals surface area contributed by atoms with Crippen LogP contribution in [0.3, 0.4) is 0 Å². The van der Waals surface area contributed by atoms with Gasteiger partial charge in [0.1, 0.15) is 5.17 Å². The van der Waals surface area contributed by atoms with E-state index in [-0.39, 0.29) is 5.69 Å². The minimum absolute atomic E-state index is 0.0499. The summed E-state index contributed by atoms with van der Waals surface area (Å²) >= 11 is 5.69. The number of non-ortho nitro benzene ring substituents is 1. The van der Waals surface area contributed by atoms with Gasteiger partial charge in [-0.15, -0.1) is 0 Å². The Morgan fingerprint density at radius 2 is 2.31 bits per heavy atom. The van der Waals surface area contributed by atoms with Crippen LogP contribution in [0.15, 0.2) is 23.2 Å². The number of nitro groups is 1. The summed E-state index contributed by atoms with van der Waals surface area (Å²) in [5.74, 6) is 0. The van der Waals surface area contributed by atoms with Crippen LogP contribution in [0.4, 0.5) is 11.4 Å². The molecule has 0 amide bonds. The molecule has 0 unspecified atom stereocenters. The summed E-state index contributed by atoms with van der Waals surface area (Å²) in [6.45, 7) is 0. The molecule has 0 atom stereocenters. The first-order chi connectivity index (χ1) is 6.16. The lowest BCUT2D eigenvalue weighted by Gasteiger charge is -1.95. The number of nitro benzene ring substituents is 1. The van der Waals surface area contributed by atoms with Gasteiger partial charge in [-0.2, -0.15) is 0 Å². The summed E-state index contributed by atoms with van der Waals surface area (Å²) in [5, 5.41) is 10.9. The van der Waals surface area contributed by atoms with Crippen molar-refractivity contribution in [3.05, 3.63) is 33.9 Å². The van der Waals surface area contributed by atoms with Crippen molar-refractivity contribution in [2.45, 2.75) is 6.42 Å². The average molecular weight is 197 g/mol. The van der Waals surface area contributed by atoms with Crippen molar-refractivity contribution in [1.29, 1.82) is 0 Å². The predicted molar refractivity (Wildman–Crippen MR) is 49.7 cm³/mol. The summed E-state index contributed by atoms with van der Waals surface area (Å²) < 4.78 is 0. The summed E-state index contributed by atoms with van der Waals surface area (Å²) in [7, 11) is 0. The van der Waals surface area contributed by atoms with Crippen molar-refractivity contribution < 1.29 is 4.92 Å². The Kier molecular flexibility index (Phi) is 1.77. The third-order valence-corrected chi connectivity index (χ3v) is 2.08. The van der Waals surface area contributed by atoms with E-state index in [1.165, 1.54) is 12.1 Å². The molecule has 0 spiro atoms. The molecule has 0 radical (unpaired) electrons. The Balaban J connectivity index is 2.49. The van der Waals surface area contributed by atoms with Gasteiger partial charge >= 0.3 is 0 Å². The Bertz CT molecular complexity index is 415. The first-order valence-corrected chi connectivity index (χ1v) is 4.05. The van der Waals surface area contributed by atoms with E-state index in [9.17, 15) is 10.1 Å². The third kappa shape index (κ3) is 1.40. The minimum atomic E-state index is -0.442. The van der Waals surface area contributed by atoms with E-state index < -0.39 is 4.92 Å². The van der Waals surface area contributed by atoms with E-state index in [0.717, 1.165) is 5.56 Å². The Labute approximate surface area is 79.0 Å². The van der Waals surface area contributed by atoms with Crippen LogP contribution in [0.25, 0.3) is 0 Å². The number of benzene rings is 1. The zero-order chi connectivity index (χ0) is 9.42. The minimum Gasteiger partial charge on any atom is -0.258 e. The molecule has 1 aromatic rings. The summed E-state index contributed by atoms with van der Waals surface area (Å²) in [6.07, 6.45) is 0.578. The lowest BCUT2D eigenvalue weighted by Crippen LogP contribution is -1.88. The number of halogens is 1. The molecule has 1 heterocycles. The highest BCUT2D eigenvalue weighted by Crippen LogP contribution is 2.31. The van der Waals surface area contributed by atoms with Crippen LogP contribution >= 0.6 is 11.6 Å². The van der Waals surface area contributed by atoms with Crippen molar-refractivity contribution >= 4 is 28.1 Å². The molecule has 1 aliphatic heterocycles. The van der Waals surface area contributed by atoms with Gasteiger partial charge in [-0.25, -0.2) is 4.99 Å². The molecule has 0 saturated carbocycles. The molecule has 0 N–H and O–H groups in total. The number of hydrogen-bond acceptors (Lipinski definition) is 3. The van der Waals surface area contributed by atoms with Gasteiger partial charge in [-0.3, -0.25) is 10.1 Å². The first kappa shape index (κ1) is 8.19. The van der Waals surface area contributed by atoms with Gasteiger partial charge in [0.25, 0.3) is 5.69 Å². The van der Waals surface area contributed by atoms with Gasteiger partial charge < -0.3 is 0 Å². The second kappa shape index (κ2) is 2.81. The summed E-state index contributed by atoms with van der Waals surface area (Å²) in [5.41, 5.74) is 1.60. The van der Waals surface area contributed by atoms with Gasteiger partial charge in [0.15, 0.2) is 0 Å². The summed E-state index contributed by atoms with van der Waals surface area (Å²) in [4.78, 5) is 13.9. The molecule has 13 heavy (non-hydrogen) atoms. The molecule has 0 aromatic heterocycles. The van der Waals surface area contributed by atoms with Gasteiger partial charge in [-0.1, -0.05) is 11.6 Å². The maximum absolute atomic E-state index is 10.4. The molecule has 1 aliphatic rings. The molecule has 5 heteroatoms. The lowest BCUT2D eigenvalue weighted by atomic mass is 10.1. The van der Waals surface area contributed by atoms with Crippen LogP contribution in [0.1, 0.15) is 5.56 Å². The zero-order valence-electron chi connectivity index (χ0n) is 6.53. The molecule has 66 valence electrons. The Morgan fingerprint density at radius 3 is 3.00 bits per heavy atom. The summed E-state index contributed by atoms with van der Waals surface area (Å²) in [6, 6.07) is 4.58. The van der Waals surface area contributed by atoms with E-state index in [4.69, 9.17) is 11.6 Å². The maximum atomic E-state index is 10.4. The van der Waals surface area contributed by atoms with E-state index in [0.29, 0.717) is 17.3 Å². The average Bonchev–Trinajstić information content (AvgIpc) is 2.42. The molecule has 0 bridgehead atoms. The fourth-order valence-electron chi connectivity index (χ4n) is 1.25. The standard InChI is InChI=1S/C8H5ClN2O2/c9-8-3-5-1-2-6(11(12)13)4-7(5)10-8/h1-2,4H,3H2. The third-order valence-electron chi connectivity index (χ3n) is 1.86. The fraction of sp³-hybridized carbons (Fsp3) is 0.125. The number of fused-ring (bicyclic) bond motifs is 1. The number of nitrogens with zero attached hydrogens (tertiary/aromatic N) is 2. The number of rotatable bonds is 1. The highest BCUT2D eigenvalue weighted by Gasteiger charge is 2.16. The van der Waals surface area contributed by atoms with Crippen LogP contribution in [0.2, 0.25) is 0 Å². The van der Waals surface area contributed by atoms with Crippen molar-refractivity contribution in [2.75, 3.05) is 0 Å². The van der Waals surface area contributed by atoms with Gasteiger partial charge in [-0.05, 0) is 11.6 Å². The van der Waals surface area contributed by atoms with Gasteiger partial charge in [0, 0.05) is 18.6 Å². The van der Waals surface area contributed by atoms with Crippen LogP contribution in [-0.2, 0) is 6.42 Å². The largest absolute Gasteiger partial charge is 0.271 e. The first-order valence-electron chi connectivity index (χ1n) is 3.67. The molecule has 0 saturated heterocycles. The quantitative estimate of drug-likeness (QED) is 0.512. The lowest BCUT2D eigenvalue weighted by molar-refractivity contribution is -0.384. The normalized spacial score (nSPS) is 13.8. The fourth-order valence-corrected chi connectivity index (χ4v) is 1.48. The van der Waals surface area contributed by atoms with E-state index in [2.05, 4.69) is 4.99 Å². The molecule has 2 rings (SSSR count).